The number of benzene rings is 2. The molecule has 1 aliphatic carbocycles. The monoisotopic (exact) mass is 267 g/mol. The fourth-order valence-electron chi connectivity index (χ4n) is 3.15. The van der Waals surface area contributed by atoms with Crippen LogP contribution in [-0.2, 0) is 5.54 Å². The van der Waals surface area contributed by atoms with Crippen LogP contribution in [-0.4, -0.2) is 7.11 Å². The predicted molar refractivity (Wildman–Crippen MR) is 82.0 cm³/mol. The molecular weight excluding hydrogens is 246 g/mol. The Labute approximate surface area is 120 Å². The Bertz CT molecular complexity index is 600. The third-order valence-electron chi connectivity index (χ3n) is 4.48. The largest absolute Gasteiger partial charge is 0.496 e. The van der Waals surface area contributed by atoms with Gasteiger partial charge in [-0.3, -0.25) is 0 Å². The predicted octanol–water partition coefficient (Wildman–Crippen LogP) is 3.74. The zero-order valence-electron chi connectivity index (χ0n) is 12.1. The van der Waals surface area contributed by atoms with Crippen molar-refractivity contribution in [3.05, 3.63) is 65.2 Å². The van der Waals surface area contributed by atoms with E-state index in [0.29, 0.717) is 5.92 Å². The van der Waals surface area contributed by atoms with Gasteiger partial charge in [-0.05, 0) is 48.4 Å². The van der Waals surface area contributed by atoms with Crippen LogP contribution in [0.3, 0.4) is 0 Å². The quantitative estimate of drug-likeness (QED) is 0.919. The third-order valence-corrected chi connectivity index (χ3v) is 4.48. The van der Waals surface area contributed by atoms with Gasteiger partial charge < -0.3 is 10.5 Å². The molecule has 2 aromatic rings. The molecule has 0 radical (unpaired) electrons. The molecule has 1 aliphatic rings. The summed E-state index contributed by atoms with van der Waals surface area (Å²) in [6, 6.07) is 17.0. The van der Waals surface area contributed by atoms with E-state index in [1.54, 1.807) is 7.11 Å². The van der Waals surface area contributed by atoms with Crippen molar-refractivity contribution in [3.8, 4) is 5.75 Å². The van der Waals surface area contributed by atoms with E-state index in [4.69, 9.17) is 10.5 Å². The molecule has 20 heavy (non-hydrogen) atoms. The maximum Gasteiger partial charge on any atom is 0.122 e. The number of methoxy groups -OCH3 is 1. The number of nitrogens with two attached hydrogens (primary N) is 1. The number of rotatable bonds is 3. The first-order chi connectivity index (χ1) is 9.62. The van der Waals surface area contributed by atoms with Gasteiger partial charge in [0.15, 0.2) is 0 Å². The summed E-state index contributed by atoms with van der Waals surface area (Å²) in [6.45, 7) is 2.05. The number of hydrogen-bond acceptors (Lipinski definition) is 2. The molecule has 2 N–H and O–H groups in total. The fraction of sp³-hybridized carbons (Fsp3) is 0.333. The molecule has 2 nitrogen and oxygen atoms in total. The molecule has 0 amide bonds. The van der Waals surface area contributed by atoms with Crippen LogP contribution in [0, 0.1) is 6.92 Å². The van der Waals surface area contributed by atoms with Gasteiger partial charge in [0, 0.05) is 5.54 Å². The van der Waals surface area contributed by atoms with Crippen molar-refractivity contribution in [2.75, 3.05) is 7.11 Å². The van der Waals surface area contributed by atoms with Crippen LogP contribution in [0.5, 0.6) is 5.75 Å². The smallest absolute Gasteiger partial charge is 0.122 e. The van der Waals surface area contributed by atoms with Gasteiger partial charge in [-0.1, -0.05) is 42.5 Å². The second kappa shape index (κ2) is 4.95. The van der Waals surface area contributed by atoms with E-state index in [2.05, 4.69) is 55.5 Å². The molecule has 0 bridgehead atoms. The van der Waals surface area contributed by atoms with Crippen molar-refractivity contribution in [3.63, 3.8) is 0 Å². The molecular formula is C18H21NO. The first kappa shape index (κ1) is 13.2. The van der Waals surface area contributed by atoms with Gasteiger partial charge >= 0.3 is 0 Å². The van der Waals surface area contributed by atoms with Gasteiger partial charge in [0.05, 0.1) is 7.11 Å². The van der Waals surface area contributed by atoms with E-state index in [0.717, 1.165) is 24.2 Å². The summed E-state index contributed by atoms with van der Waals surface area (Å²) in [5.41, 5.74) is 10.1. The average Bonchev–Trinajstić information content (AvgIpc) is 2.45. The van der Waals surface area contributed by atoms with Crippen LogP contribution in [0.2, 0.25) is 0 Å². The Morgan fingerprint density at radius 2 is 1.80 bits per heavy atom. The van der Waals surface area contributed by atoms with E-state index < -0.39 is 0 Å². The molecule has 3 rings (SSSR count). The second-order valence-corrected chi connectivity index (χ2v) is 5.86. The Kier molecular flexibility index (Phi) is 3.27. The lowest BCUT2D eigenvalue weighted by Gasteiger charge is -2.46. The molecule has 1 saturated carbocycles. The molecule has 0 spiro atoms. The maximum atomic E-state index is 6.57. The molecule has 2 aromatic carbocycles. The van der Waals surface area contributed by atoms with Gasteiger partial charge in [-0.25, -0.2) is 0 Å². The SMILES string of the molecule is COc1cc(C2(N)CC(c3ccccc3)C2)ccc1C. The summed E-state index contributed by atoms with van der Waals surface area (Å²) in [4.78, 5) is 0. The van der Waals surface area contributed by atoms with Crippen molar-refractivity contribution in [2.45, 2.75) is 31.2 Å². The van der Waals surface area contributed by atoms with Crippen LogP contribution in [0.1, 0.15) is 35.4 Å². The molecule has 0 unspecified atom stereocenters. The van der Waals surface area contributed by atoms with Gasteiger partial charge in [0.2, 0.25) is 0 Å². The zero-order valence-corrected chi connectivity index (χ0v) is 12.1. The van der Waals surface area contributed by atoms with E-state index in [1.165, 1.54) is 11.1 Å². The molecule has 0 heterocycles. The van der Waals surface area contributed by atoms with E-state index in [9.17, 15) is 0 Å². The first-order valence-corrected chi connectivity index (χ1v) is 7.11. The third kappa shape index (κ3) is 2.20. The maximum absolute atomic E-state index is 6.57. The number of ether oxygens (including phenoxy) is 1. The highest BCUT2D eigenvalue weighted by atomic mass is 16.5. The molecule has 104 valence electrons. The average molecular weight is 267 g/mol. The lowest BCUT2D eigenvalue weighted by Crippen LogP contribution is -2.47. The van der Waals surface area contributed by atoms with Crippen LogP contribution in [0.15, 0.2) is 48.5 Å². The lowest BCUT2D eigenvalue weighted by molar-refractivity contribution is 0.208. The standard InChI is InChI=1S/C18H21NO/c1-13-8-9-16(10-17(13)20-2)18(19)11-15(12-18)14-6-4-3-5-7-14/h3-10,15H,11-12,19H2,1-2H3. The number of aryl methyl sites for hydroxylation is 1. The van der Waals surface area contributed by atoms with E-state index in [1.807, 2.05) is 0 Å². The fourth-order valence-corrected chi connectivity index (χ4v) is 3.15. The molecule has 0 aliphatic heterocycles. The summed E-state index contributed by atoms with van der Waals surface area (Å²) in [7, 11) is 1.71. The summed E-state index contributed by atoms with van der Waals surface area (Å²) in [5.74, 6) is 1.50. The highest BCUT2D eigenvalue weighted by Crippen LogP contribution is 2.49. The molecule has 0 atom stereocenters. The topological polar surface area (TPSA) is 35.2 Å². The Morgan fingerprint density at radius 1 is 1.10 bits per heavy atom. The normalized spacial score (nSPS) is 25.1. The molecule has 1 fully saturated rings. The Hall–Kier alpha value is -1.80. The van der Waals surface area contributed by atoms with E-state index >= 15 is 0 Å². The molecule has 0 saturated heterocycles. The molecule has 0 aromatic heterocycles. The van der Waals surface area contributed by atoms with Crippen LogP contribution >= 0.6 is 0 Å². The summed E-state index contributed by atoms with van der Waals surface area (Å²) in [6.07, 6.45) is 2.01. The van der Waals surface area contributed by atoms with Crippen LogP contribution in [0.4, 0.5) is 0 Å². The Balaban J connectivity index is 1.79. The second-order valence-electron chi connectivity index (χ2n) is 5.86. The first-order valence-electron chi connectivity index (χ1n) is 7.11. The van der Waals surface area contributed by atoms with Gasteiger partial charge in [-0.15, -0.1) is 0 Å². The molecule has 2 heteroatoms. The van der Waals surface area contributed by atoms with Gasteiger partial charge in [0.1, 0.15) is 5.75 Å². The van der Waals surface area contributed by atoms with Crippen LogP contribution < -0.4 is 10.5 Å². The minimum absolute atomic E-state index is 0.207. The minimum Gasteiger partial charge on any atom is -0.496 e. The van der Waals surface area contributed by atoms with Crippen molar-refractivity contribution in [2.24, 2.45) is 5.73 Å². The Morgan fingerprint density at radius 3 is 2.45 bits per heavy atom. The number of hydrogen-bond donors (Lipinski definition) is 1. The zero-order chi connectivity index (χ0) is 14.2. The van der Waals surface area contributed by atoms with Crippen molar-refractivity contribution >= 4 is 0 Å². The minimum atomic E-state index is -0.207. The highest BCUT2D eigenvalue weighted by molar-refractivity contribution is 5.42. The van der Waals surface area contributed by atoms with Crippen molar-refractivity contribution in [1.82, 2.24) is 0 Å². The highest BCUT2D eigenvalue weighted by Gasteiger charge is 2.43. The van der Waals surface area contributed by atoms with E-state index in [-0.39, 0.29) is 5.54 Å². The van der Waals surface area contributed by atoms with Crippen molar-refractivity contribution in [1.29, 1.82) is 0 Å². The summed E-state index contributed by atoms with van der Waals surface area (Å²) in [5, 5.41) is 0. The summed E-state index contributed by atoms with van der Waals surface area (Å²) < 4.78 is 5.41. The van der Waals surface area contributed by atoms with Crippen molar-refractivity contribution < 1.29 is 4.74 Å². The van der Waals surface area contributed by atoms with Crippen LogP contribution in [0.25, 0.3) is 0 Å². The lowest BCUT2D eigenvalue weighted by atomic mass is 9.63. The van der Waals surface area contributed by atoms with Gasteiger partial charge in [0.25, 0.3) is 0 Å². The van der Waals surface area contributed by atoms with Gasteiger partial charge in [-0.2, -0.15) is 0 Å². The summed E-state index contributed by atoms with van der Waals surface area (Å²) >= 11 is 0.